The van der Waals surface area contributed by atoms with Crippen LogP contribution < -0.4 is 15.4 Å². The van der Waals surface area contributed by atoms with Crippen LogP contribution in [0.3, 0.4) is 0 Å². The molecule has 0 radical (unpaired) electrons. The molecular formula is C13H18ClF3N2O2. The first kappa shape index (κ1) is 19.5. The van der Waals surface area contributed by atoms with Gasteiger partial charge in [0.05, 0.1) is 0 Å². The van der Waals surface area contributed by atoms with Crippen molar-refractivity contribution in [2.45, 2.75) is 25.7 Å². The Morgan fingerprint density at radius 3 is 2.57 bits per heavy atom. The minimum atomic E-state index is -4.74. The Kier molecular flexibility index (Phi) is 8.80. The van der Waals surface area contributed by atoms with Crippen molar-refractivity contribution >= 4 is 18.3 Å². The van der Waals surface area contributed by atoms with Gasteiger partial charge in [0, 0.05) is 18.5 Å². The first-order chi connectivity index (χ1) is 9.42. The maximum Gasteiger partial charge on any atom is 0.573 e. The van der Waals surface area contributed by atoms with Crippen molar-refractivity contribution in [3.05, 3.63) is 29.8 Å². The Bertz CT molecular complexity index is 442. The van der Waals surface area contributed by atoms with Crippen molar-refractivity contribution < 1.29 is 22.7 Å². The summed E-state index contributed by atoms with van der Waals surface area (Å²) in [5, 5.41) is 5.48. The predicted octanol–water partition coefficient (Wildman–Crippen LogP) is 2.62. The number of alkyl halides is 3. The number of rotatable bonds is 7. The molecule has 1 aromatic rings. The van der Waals surface area contributed by atoms with Gasteiger partial charge in [-0.1, -0.05) is 18.2 Å². The summed E-state index contributed by atoms with van der Waals surface area (Å²) in [6.07, 6.45) is -3.75. The fraction of sp³-hybridized carbons (Fsp3) is 0.462. The van der Waals surface area contributed by atoms with Crippen LogP contribution in [-0.2, 0) is 11.3 Å². The third kappa shape index (κ3) is 8.41. The van der Waals surface area contributed by atoms with Crippen LogP contribution in [0.2, 0.25) is 0 Å². The highest BCUT2D eigenvalue weighted by Gasteiger charge is 2.31. The van der Waals surface area contributed by atoms with Gasteiger partial charge in [0.25, 0.3) is 0 Å². The lowest BCUT2D eigenvalue weighted by atomic mass is 10.2. The summed E-state index contributed by atoms with van der Waals surface area (Å²) >= 11 is 0. The van der Waals surface area contributed by atoms with E-state index in [2.05, 4.69) is 15.4 Å². The third-order valence-electron chi connectivity index (χ3n) is 2.50. The molecule has 120 valence electrons. The van der Waals surface area contributed by atoms with Gasteiger partial charge in [-0.2, -0.15) is 0 Å². The summed E-state index contributed by atoms with van der Waals surface area (Å²) in [6, 6.07) is 5.73. The molecular weight excluding hydrogens is 309 g/mol. The lowest BCUT2D eigenvalue weighted by molar-refractivity contribution is -0.274. The molecule has 0 bridgehead atoms. The lowest BCUT2D eigenvalue weighted by Crippen LogP contribution is -2.25. The smallest absolute Gasteiger partial charge is 0.405 e. The van der Waals surface area contributed by atoms with Gasteiger partial charge in [-0.05, 0) is 26.1 Å². The highest BCUT2D eigenvalue weighted by molar-refractivity contribution is 5.85. The number of para-hydroxylation sites is 1. The van der Waals surface area contributed by atoms with Gasteiger partial charge in [-0.15, -0.1) is 25.6 Å². The number of nitrogens with one attached hydrogen (secondary N) is 2. The van der Waals surface area contributed by atoms with Crippen LogP contribution in [0.5, 0.6) is 5.75 Å². The van der Waals surface area contributed by atoms with E-state index in [1.165, 1.54) is 18.2 Å². The molecule has 0 unspecified atom stereocenters. The van der Waals surface area contributed by atoms with Crippen molar-refractivity contribution in [1.82, 2.24) is 10.6 Å². The SMILES string of the molecule is CNCCCC(=O)NCc1ccccc1OC(F)(F)F.Cl. The minimum absolute atomic E-state index is 0. The van der Waals surface area contributed by atoms with Crippen LogP contribution in [0, 0.1) is 0 Å². The Hall–Kier alpha value is -1.47. The minimum Gasteiger partial charge on any atom is -0.405 e. The maximum absolute atomic E-state index is 12.2. The average Bonchev–Trinajstić information content (AvgIpc) is 2.36. The van der Waals surface area contributed by atoms with E-state index in [-0.39, 0.29) is 36.2 Å². The summed E-state index contributed by atoms with van der Waals surface area (Å²) in [5.74, 6) is -0.502. The molecule has 0 spiro atoms. The van der Waals surface area contributed by atoms with E-state index >= 15 is 0 Å². The van der Waals surface area contributed by atoms with Gasteiger partial charge in [0.2, 0.25) is 5.91 Å². The van der Waals surface area contributed by atoms with Gasteiger partial charge >= 0.3 is 6.36 Å². The van der Waals surface area contributed by atoms with E-state index in [0.29, 0.717) is 19.4 Å². The van der Waals surface area contributed by atoms with Gasteiger partial charge in [-0.3, -0.25) is 4.79 Å². The first-order valence-electron chi connectivity index (χ1n) is 6.17. The number of benzene rings is 1. The summed E-state index contributed by atoms with van der Waals surface area (Å²) < 4.78 is 40.5. The molecule has 0 aliphatic carbocycles. The number of hydrogen-bond acceptors (Lipinski definition) is 3. The summed E-state index contributed by atoms with van der Waals surface area (Å²) in [5.41, 5.74) is 0.284. The standard InChI is InChI=1S/C13H17F3N2O2.ClH/c1-17-8-4-7-12(19)18-9-10-5-2-3-6-11(10)20-13(14,15)16;/h2-3,5-6,17H,4,7-9H2,1H3,(H,18,19);1H. The number of halogens is 4. The summed E-state index contributed by atoms with van der Waals surface area (Å²) in [4.78, 5) is 11.5. The molecule has 0 aromatic heterocycles. The van der Waals surface area contributed by atoms with Crippen molar-refractivity contribution in [2.75, 3.05) is 13.6 Å². The topological polar surface area (TPSA) is 50.4 Å². The van der Waals surface area contributed by atoms with Crippen molar-refractivity contribution in [3.63, 3.8) is 0 Å². The zero-order chi connectivity index (χ0) is 15.0. The second-order valence-corrected chi connectivity index (χ2v) is 4.14. The largest absolute Gasteiger partial charge is 0.573 e. The van der Waals surface area contributed by atoms with E-state index in [4.69, 9.17) is 0 Å². The number of hydrogen-bond donors (Lipinski definition) is 2. The molecule has 2 N–H and O–H groups in total. The van der Waals surface area contributed by atoms with Crippen LogP contribution >= 0.6 is 12.4 Å². The van der Waals surface area contributed by atoms with E-state index in [9.17, 15) is 18.0 Å². The quantitative estimate of drug-likeness (QED) is 0.757. The zero-order valence-electron chi connectivity index (χ0n) is 11.5. The molecule has 1 rings (SSSR count). The van der Waals surface area contributed by atoms with Crippen molar-refractivity contribution in [2.24, 2.45) is 0 Å². The molecule has 0 heterocycles. The predicted molar refractivity (Wildman–Crippen MR) is 75.4 cm³/mol. The van der Waals surface area contributed by atoms with E-state index in [0.717, 1.165) is 0 Å². The van der Waals surface area contributed by atoms with Gasteiger partial charge < -0.3 is 15.4 Å². The molecule has 0 atom stereocenters. The Morgan fingerprint density at radius 1 is 1.29 bits per heavy atom. The molecule has 0 saturated carbocycles. The summed E-state index contributed by atoms with van der Waals surface area (Å²) in [6.45, 7) is 0.714. The summed E-state index contributed by atoms with van der Waals surface area (Å²) in [7, 11) is 1.78. The normalized spacial score (nSPS) is 10.7. The van der Waals surface area contributed by atoms with Gasteiger partial charge in [0.15, 0.2) is 0 Å². The molecule has 0 aliphatic heterocycles. The molecule has 0 aliphatic rings. The number of carbonyl (C=O) groups is 1. The molecule has 0 saturated heterocycles. The lowest BCUT2D eigenvalue weighted by Gasteiger charge is -2.13. The molecule has 8 heteroatoms. The Labute approximate surface area is 127 Å². The third-order valence-corrected chi connectivity index (χ3v) is 2.50. The number of amides is 1. The van der Waals surface area contributed by atoms with Gasteiger partial charge in [0.1, 0.15) is 5.75 Å². The van der Waals surface area contributed by atoms with Crippen LogP contribution in [0.1, 0.15) is 18.4 Å². The second kappa shape index (κ2) is 9.46. The second-order valence-electron chi connectivity index (χ2n) is 4.14. The monoisotopic (exact) mass is 326 g/mol. The molecule has 1 aromatic carbocycles. The van der Waals surface area contributed by atoms with E-state index in [1.807, 2.05) is 0 Å². The first-order valence-corrected chi connectivity index (χ1v) is 6.17. The Balaban J connectivity index is 0.00000400. The molecule has 4 nitrogen and oxygen atoms in total. The molecule has 1 amide bonds. The van der Waals surface area contributed by atoms with Crippen LogP contribution in [0.15, 0.2) is 24.3 Å². The van der Waals surface area contributed by atoms with E-state index < -0.39 is 6.36 Å². The zero-order valence-corrected chi connectivity index (χ0v) is 12.3. The van der Waals surface area contributed by atoms with Crippen molar-refractivity contribution in [1.29, 1.82) is 0 Å². The van der Waals surface area contributed by atoms with Crippen LogP contribution in [0.25, 0.3) is 0 Å². The highest BCUT2D eigenvalue weighted by Crippen LogP contribution is 2.25. The fourth-order valence-electron chi connectivity index (χ4n) is 1.58. The van der Waals surface area contributed by atoms with Crippen LogP contribution in [0.4, 0.5) is 13.2 Å². The maximum atomic E-state index is 12.2. The van der Waals surface area contributed by atoms with Crippen LogP contribution in [-0.4, -0.2) is 25.9 Å². The number of ether oxygens (including phenoxy) is 1. The average molecular weight is 327 g/mol. The van der Waals surface area contributed by atoms with Crippen molar-refractivity contribution in [3.8, 4) is 5.75 Å². The van der Waals surface area contributed by atoms with E-state index in [1.54, 1.807) is 13.1 Å². The molecule has 21 heavy (non-hydrogen) atoms. The van der Waals surface area contributed by atoms with Gasteiger partial charge in [-0.25, -0.2) is 0 Å². The molecule has 0 fully saturated rings. The fourth-order valence-corrected chi connectivity index (χ4v) is 1.58. The highest BCUT2D eigenvalue weighted by atomic mass is 35.5. The number of carbonyl (C=O) groups excluding carboxylic acids is 1. The Morgan fingerprint density at radius 2 is 1.95 bits per heavy atom.